The number of benzene rings is 2. The minimum Gasteiger partial charge on any atom is -0.423 e. The summed E-state index contributed by atoms with van der Waals surface area (Å²) in [7, 11) is 0. The summed E-state index contributed by atoms with van der Waals surface area (Å²) < 4.78 is 7.30. The molecule has 2 heterocycles. The van der Waals surface area contributed by atoms with Gasteiger partial charge in [0.15, 0.2) is 18.9 Å². The van der Waals surface area contributed by atoms with E-state index in [0.717, 1.165) is 17.5 Å². The fourth-order valence-electron chi connectivity index (χ4n) is 2.82. The van der Waals surface area contributed by atoms with Crippen LogP contribution in [0.5, 0.6) is 0 Å². The zero-order valence-corrected chi connectivity index (χ0v) is 13.1. The maximum atomic E-state index is 11.2. The summed E-state index contributed by atoms with van der Waals surface area (Å²) >= 11 is 0. The highest BCUT2D eigenvalue weighted by Crippen LogP contribution is 2.17. The molecule has 0 bridgehead atoms. The van der Waals surface area contributed by atoms with Crippen molar-refractivity contribution >= 4 is 11.0 Å². The molecule has 4 aromatic rings. The third-order valence-corrected chi connectivity index (χ3v) is 4.05. The Morgan fingerprint density at radius 1 is 0.792 bits per heavy atom. The third-order valence-electron chi connectivity index (χ3n) is 4.05. The fraction of sp³-hybridized carbons (Fsp3) is 0.0476. The van der Waals surface area contributed by atoms with Crippen molar-refractivity contribution in [3.05, 3.63) is 101 Å². The number of fused-ring (bicyclic) bond motifs is 1. The van der Waals surface area contributed by atoms with Crippen molar-refractivity contribution in [3.8, 4) is 11.1 Å². The first kappa shape index (κ1) is 14.4. The molecule has 0 spiro atoms. The van der Waals surface area contributed by atoms with Gasteiger partial charge in [-0.15, -0.1) is 0 Å². The number of pyridine rings is 1. The van der Waals surface area contributed by atoms with Gasteiger partial charge in [-0.3, -0.25) is 0 Å². The monoisotopic (exact) mass is 314 g/mol. The molecule has 116 valence electrons. The molecule has 0 fully saturated rings. The molecule has 0 saturated heterocycles. The molecule has 3 heteroatoms. The van der Waals surface area contributed by atoms with Gasteiger partial charge in [-0.25, -0.2) is 9.36 Å². The van der Waals surface area contributed by atoms with Crippen LogP contribution in [0, 0.1) is 0 Å². The average molecular weight is 314 g/mol. The molecule has 0 aliphatic rings. The van der Waals surface area contributed by atoms with Crippen molar-refractivity contribution in [2.24, 2.45) is 0 Å². The van der Waals surface area contributed by atoms with Crippen LogP contribution in [-0.2, 0) is 6.54 Å². The van der Waals surface area contributed by atoms with E-state index in [2.05, 4.69) is 47.3 Å². The Bertz CT molecular complexity index is 1030. The summed E-state index contributed by atoms with van der Waals surface area (Å²) in [5.41, 5.74) is 3.88. The molecule has 24 heavy (non-hydrogen) atoms. The average Bonchev–Trinajstić information content (AvgIpc) is 2.63. The standard InChI is InChI=1S/C21H16NO2/c23-21-9-7-19-14-16(6-8-20(19)24-21)15-22-12-10-18(11-13-22)17-4-2-1-3-5-17/h1-14H,15H2/q+1. The quantitative estimate of drug-likeness (QED) is 0.426. The molecule has 2 aromatic heterocycles. The first-order valence-corrected chi connectivity index (χ1v) is 7.85. The van der Waals surface area contributed by atoms with Crippen molar-refractivity contribution in [3.63, 3.8) is 0 Å². The van der Waals surface area contributed by atoms with Gasteiger partial charge in [0.25, 0.3) is 0 Å². The summed E-state index contributed by atoms with van der Waals surface area (Å²) in [6, 6.07) is 23.7. The molecular weight excluding hydrogens is 298 g/mol. The molecule has 0 saturated carbocycles. The van der Waals surface area contributed by atoms with Crippen LogP contribution in [0.3, 0.4) is 0 Å². The van der Waals surface area contributed by atoms with Crippen LogP contribution >= 0.6 is 0 Å². The molecule has 0 aliphatic heterocycles. The van der Waals surface area contributed by atoms with Gasteiger partial charge in [-0.2, -0.15) is 0 Å². The second-order valence-electron chi connectivity index (χ2n) is 5.75. The molecular formula is C21H16NO2+. The summed E-state index contributed by atoms with van der Waals surface area (Å²) in [5.74, 6) is 0. The van der Waals surface area contributed by atoms with Crippen LogP contribution < -0.4 is 10.2 Å². The highest BCUT2D eigenvalue weighted by molar-refractivity contribution is 5.76. The topological polar surface area (TPSA) is 34.1 Å². The van der Waals surface area contributed by atoms with Crippen LogP contribution in [0.4, 0.5) is 0 Å². The summed E-state index contributed by atoms with van der Waals surface area (Å²) in [4.78, 5) is 11.2. The lowest BCUT2D eigenvalue weighted by Crippen LogP contribution is -2.32. The van der Waals surface area contributed by atoms with E-state index in [4.69, 9.17) is 4.42 Å². The zero-order chi connectivity index (χ0) is 16.4. The number of hydrogen-bond donors (Lipinski definition) is 0. The minimum atomic E-state index is -0.318. The molecule has 0 radical (unpaired) electrons. The van der Waals surface area contributed by atoms with Gasteiger partial charge >= 0.3 is 5.63 Å². The van der Waals surface area contributed by atoms with Crippen LogP contribution in [-0.4, -0.2) is 0 Å². The molecule has 0 atom stereocenters. The van der Waals surface area contributed by atoms with E-state index in [-0.39, 0.29) is 5.63 Å². The van der Waals surface area contributed by atoms with Gasteiger partial charge in [0.05, 0.1) is 0 Å². The van der Waals surface area contributed by atoms with Crippen LogP contribution in [0.1, 0.15) is 5.56 Å². The Morgan fingerprint density at radius 2 is 1.54 bits per heavy atom. The second kappa shape index (κ2) is 6.13. The molecule has 0 amide bonds. The molecule has 0 aliphatic carbocycles. The van der Waals surface area contributed by atoms with E-state index < -0.39 is 0 Å². The van der Waals surface area contributed by atoms with E-state index in [0.29, 0.717) is 5.58 Å². The summed E-state index contributed by atoms with van der Waals surface area (Å²) in [6.45, 7) is 0.768. The van der Waals surface area contributed by atoms with Crippen LogP contribution in [0.2, 0.25) is 0 Å². The van der Waals surface area contributed by atoms with E-state index in [1.165, 1.54) is 17.2 Å². The predicted octanol–water partition coefficient (Wildman–Crippen LogP) is 3.80. The first-order chi connectivity index (χ1) is 11.8. The highest BCUT2D eigenvalue weighted by Gasteiger charge is 2.06. The van der Waals surface area contributed by atoms with Gasteiger partial charge in [0.1, 0.15) is 5.58 Å². The van der Waals surface area contributed by atoms with Crippen molar-refractivity contribution in [2.45, 2.75) is 6.54 Å². The Balaban J connectivity index is 1.59. The van der Waals surface area contributed by atoms with E-state index in [9.17, 15) is 4.79 Å². The van der Waals surface area contributed by atoms with Gasteiger partial charge in [0, 0.05) is 29.1 Å². The lowest BCUT2D eigenvalue weighted by atomic mass is 10.1. The Kier molecular flexibility index (Phi) is 3.67. The summed E-state index contributed by atoms with van der Waals surface area (Å²) in [6.07, 6.45) is 4.16. The smallest absolute Gasteiger partial charge is 0.336 e. The normalized spacial score (nSPS) is 10.8. The molecule has 3 nitrogen and oxygen atoms in total. The van der Waals surface area contributed by atoms with Crippen molar-refractivity contribution in [1.29, 1.82) is 0 Å². The van der Waals surface area contributed by atoms with Gasteiger partial charge in [0.2, 0.25) is 0 Å². The second-order valence-corrected chi connectivity index (χ2v) is 5.75. The van der Waals surface area contributed by atoms with Crippen LogP contribution in [0.25, 0.3) is 22.1 Å². The Hall–Kier alpha value is -3.20. The minimum absolute atomic E-state index is 0.318. The first-order valence-electron chi connectivity index (χ1n) is 7.85. The van der Waals surface area contributed by atoms with E-state index in [1.807, 2.05) is 30.3 Å². The SMILES string of the molecule is O=c1ccc2cc(C[n+]3ccc(-c4ccccc4)cc3)ccc2o1. The van der Waals surface area contributed by atoms with Gasteiger partial charge in [-0.1, -0.05) is 30.3 Å². The Labute approximate surface area is 139 Å². The number of hydrogen-bond acceptors (Lipinski definition) is 2. The van der Waals surface area contributed by atoms with Gasteiger partial charge < -0.3 is 4.42 Å². The molecule has 4 rings (SSSR count). The maximum Gasteiger partial charge on any atom is 0.336 e. The fourth-order valence-corrected chi connectivity index (χ4v) is 2.82. The van der Waals surface area contributed by atoms with Crippen molar-refractivity contribution in [2.75, 3.05) is 0 Å². The number of nitrogens with zero attached hydrogens (tertiary/aromatic N) is 1. The zero-order valence-electron chi connectivity index (χ0n) is 13.1. The largest absolute Gasteiger partial charge is 0.423 e. The lowest BCUT2D eigenvalue weighted by Gasteiger charge is -2.02. The van der Waals surface area contributed by atoms with Gasteiger partial charge in [-0.05, 0) is 35.4 Å². The molecule has 2 aromatic carbocycles. The lowest BCUT2D eigenvalue weighted by molar-refractivity contribution is -0.688. The maximum absolute atomic E-state index is 11.2. The van der Waals surface area contributed by atoms with Crippen molar-refractivity contribution < 1.29 is 8.98 Å². The number of rotatable bonds is 3. The molecule has 0 N–H and O–H groups in total. The van der Waals surface area contributed by atoms with E-state index >= 15 is 0 Å². The number of aromatic nitrogens is 1. The van der Waals surface area contributed by atoms with Crippen molar-refractivity contribution in [1.82, 2.24) is 0 Å². The molecule has 0 unspecified atom stereocenters. The Morgan fingerprint density at radius 3 is 2.33 bits per heavy atom. The third kappa shape index (κ3) is 2.97. The van der Waals surface area contributed by atoms with E-state index in [1.54, 1.807) is 6.07 Å². The summed E-state index contributed by atoms with van der Waals surface area (Å²) in [5, 5.41) is 0.939. The highest BCUT2D eigenvalue weighted by atomic mass is 16.4. The van der Waals surface area contributed by atoms with Crippen LogP contribution in [0.15, 0.2) is 94.4 Å². The predicted molar refractivity (Wildman–Crippen MR) is 93.7 cm³/mol.